The Morgan fingerprint density at radius 2 is 1.88 bits per heavy atom. The molecule has 15 heteroatoms. The summed E-state index contributed by atoms with van der Waals surface area (Å²) >= 11 is 13.1. The SMILES string of the molecule is O=C(O)C(F)(F)F.Oc1ccc(CNc2ncc3nc(-c4c(Cl)cccc4Cl)n(C[C@@H]4CCCNC4)c3n2)cc1F. The molecule has 1 aliphatic heterocycles. The van der Waals surface area contributed by atoms with Gasteiger partial charge in [-0.2, -0.15) is 18.2 Å². The van der Waals surface area contributed by atoms with Crippen molar-refractivity contribution in [1.82, 2.24) is 24.8 Å². The number of piperidine rings is 1. The minimum Gasteiger partial charge on any atom is -0.505 e. The number of carbonyl (C=O) groups is 1. The fourth-order valence-electron chi connectivity index (χ4n) is 4.26. The third-order valence-electron chi connectivity index (χ3n) is 6.22. The van der Waals surface area contributed by atoms with E-state index in [0.717, 1.165) is 25.9 Å². The molecule has 4 aromatic rings. The van der Waals surface area contributed by atoms with Gasteiger partial charge >= 0.3 is 12.1 Å². The number of carboxylic acids is 1. The first kappa shape index (κ1) is 30.3. The lowest BCUT2D eigenvalue weighted by Gasteiger charge is -2.24. The van der Waals surface area contributed by atoms with Crippen molar-refractivity contribution in [2.75, 3.05) is 18.4 Å². The Morgan fingerprint density at radius 3 is 2.49 bits per heavy atom. The summed E-state index contributed by atoms with van der Waals surface area (Å²) in [7, 11) is 0. The zero-order valence-electron chi connectivity index (χ0n) is 21.2. The molecule has 1 fully saturated rings. The number of alkyl halides is 3. The first-order valence-corrected chi connectivity index (χ1v) is 13.1. The molecule has 1 aliphatic rings. The van der Waals surface area contributed by atoms with Gasteiger partial charge in [0.15, 0.2) is 17.2 Å². The smallest absolute Gasteiger partial charge is 0.490 e. The quantitative estimate of drug-likeness (QED) is 0.198. The summed E-state index contributed by atoms with van der Waals surface area (Å²) < 4.78 is 47.5. The Balaban J connectivity index is 0.000000493. The molecule has 3 heterocycles. The van der Waals surface area contributed by atoms with Gasteiger partial charge in [0.05, 0.1) is 21.8 Å². The van der Waals surface area contributed by atoms with Crippen LogP contribution in [0.4, 0.5) is 23.5 Å². The van der Waals surface area contributed by atoms with E-state index >= 15 is 0 Å². The number of carboxylic acid groups (broad SMARTS) is 1. The van der Waals surface area contributed by atoms with Gasteiger partial charge in [-0.15, -0.1) is 0 Å². The van der Waals surface area contributed by atoms with Crippen molar-refractivity contribution >= 4 is 46.3 Å². The van der Waals surface area contributed by atoms with Gasteiger partial charge in [-0.25, -0.2) is 19.2 Å². The lowest BCUT2D eigenvalue weighted by Crippen LogP contribution is -2.32. The number of phenolic OH excluding ortho intramolecular Hbond substituents is 1. The van der Waals surface area contributed by atoms with Crippen LogP contribution in [0, 0.1) is 11.7 Å². The molecule has 2 aromatic heterocycles. The molecule has 4 N–H and O–H groups in total. The summed E-state index contributed by atoms with van der Waals surface area (Å²) in [5.74, 6) is -2.35. The summed E-state index contributed by atoms with van der Waals surface area (Å²) in [6.45, 7) is 2.95. The predicted molar refractivity (Wildman–Crippen MR) is 145 cm³/mol. The van der Waals surface area contributed by atoms with Gasteiger partial charge in [0.1, 0.15) is 11.3 Å². The van der Waals surface area contributed by atoms with Gasteiger partial charge in [-0.05, 0) is 61.7 Å². The van der Waals surface area contributed by atoms with Gasteiger partial charge in [0, 0.05) is 13.1 Å². The van der Waals surface area contributed by atoms with Crippen LogP contribution in [0.25, 0.3) is 22.6 Å². The lowest BCUT2D eigenvalue weighted by molar-refractivity contribution is -0.192. The van der Waals surface area contributed by atoms with Gasteiger partial charge in [0.25, 0.3) is 0 Å². The van der Waals surface area contributed by atoms with Crippen LogP contribution in [0.2, 0.25) is 10.0 Å². The summed E-state index contributed by atoms with van der Waals surface area (Å²) in [6.07, 6.45) is -1.21. The number of nitrogens with one attached hydrogen (secondary N) is 2. The maximum Gasteiger partial charge on any atom is 0.490 e. The van der Waals surface area contributed by atoms with E-state index in [1.807, 2.05) is 0 Å². The molecule has 0 unspecified atom stereocenters. The average Bonchev–Trinajstić information content (AvgIpc) is 3.26. The number of anilines is 1. The molecule has 0 aliphatic carbocycles. The van der Waals surface area contributed by atoms with Crippen molar-refractivity contribution in [3.63, 3.8) is 0 Å². The van der Waals surface area contributed by atoms with Gasteiger partial charge in [-0.3, -0.25) is 0 Å². The molecule has 5 rings (SSSR count). The van der Waals surface area contributed by atoms with E-state index in [1.165, 1.54) is 12.1 Å². The van der Waals surface area contributed by atoms with Gasteiger partial charge < -0.3 is 25.4 Å². The van der Waals surface area contributed by atoms with E-state index in [9.17, 15) is 22.7 Å². The second kappa shape index (κ2) is 12.9. The molecule has 9 nitrogen and oxygen atoms in total. The van der Waals surface area contributed by atoms with Crippen molar-refractivity contribution in [2.24, 2.45) is 5.92 Å². The first-order valence-electron chi connectivity index (χ1n) is 12.3. The van der Waals surface area contributed by atoms with E-state index in [4.69, 9.17) is 43.1 Å². The highest BCUT2D eigenvalue weighted by molar-refractivity contribution is 6.39. The van der Waals surface area contributed by atoms with Crippen LogP contribution in [0.15, 0.2) is 42.6 Å². The van der Waals surface area contributed by atoms with Crippen LogP contribution < -0.4 is 10.6 Å². The van der Waals surface area contributed by atoms with Crippen LogP contribution in [0.1, 0.15) is 18.4 Å². The molecule has 0 bridgehead atoms. The van der Waals surface area contributed by atoms with Crippen molar-refractivity contribution in [3.05, 3.63) is 64.0 Å². The highest BCUT2D eigenvalue weighted by Gasteiger charge is 2.38. The number of aromatic hydroxyl groups is 1. The Bertz CT molecular complexity index is 1520. The zero-order valence-corrected chi connectivity index (χ0v) is 22.7. The summed E-state index contributed by atoms with van der Waals surface area (Å²) in [5.41, 5.74) is 2.63. The van der Waals surface area contributed by atoms with Crippen LogP contribution in [0.3, 0.4) is 0 Å². The monoisotopic (exact) mass is 614 g/mol. The molecule has 1 atom stereocenters. The fourth-order valence-corrected chi connectivity index (χ4v) is 4.83. The van der Waals surface area contributed by atoms with Gasteiger partial charge in [-0.1, -0.05) is 35.3 Å². The third kappa shape index (κ3) is 7.54. The molecule has 0 saturated carbocycles. The Labute approximate surface area is 241 Å². The van der Waals surface area contributed by atoms with Crippen LogP contribution >= 0.6 is 23.2 Å². The first-order chi connectivity index (χ1) is 19.4. The van der Waals surface area contributed by atoms with Crippen molar-refractivity contribution < 1.29 is 32.6 Å². The number of fused-ring (bicyclic) bond motifs is 1. The highest BCUT2D eigenvalue weighted by atomic mass is 35.5. The molecule has 1 saturated heterocycles. The number of aromatic nitrogens is 4. The standard InChI is InChI=1S/C24H23Cl2FN6O.C2HF3O2/c25-16-4-1-5-17(26)21(16)23-31-19-12-30-24(29-11-14-6-7-20(34)18(27)9-14)32-22(19)33(23)13-15-3-2-8-28-10-15;3-2(4,5)1(6)7/h1,4-7,9,12,15,28,34H,2-3,8,10-11,13H2,(H,29,30,32);(H,6,7)/t15-;/m1./s1. The van der Waals surface area contributed by atoms with Crippen molar-refractivity contribution in [2.45, 2.75) is 32.1 Å². The van der Waals surface area contributed by atoms with Crippen LogP contribution in [-0.4, -0.2) is 55.0 Å². The van der Waals surface area contributed by atoms with Crippen LogP contribution in [0.5, 0.6) is 5.75 Å². The van der Waals surface area contributed by atoms with E-state index < -0.39 is 18.0 Å². The molecular formula is C26H24Cl2F4N6O3. The lowest BCUT2D eigenvalue weighted by atomic mass is 9.99. The third-order valence-corrected chi connectivity index (χ3v) is 6.85. The second-order valence-corrected chi connectivity index (χ2v) is 10.0. The molecule has 218 valence electrons. The Hall–Kier alpha value is -3.68. The number of phenols is 1. The largest absolute Gasteiger partial charge is 0.505 e. The number of benzene rings is 2. The molecule has 2 aromatic carbocycles. The molecule has 0 spiro atoms. The second-order valence-electron chi connectivity index (χ2n) is 9.20. The maximum atomic E-state index is 13.7. The topological polar surface area (TPSA) is 125 Å². The number of rotatable bonds is 6. The summed E-state index contributed by atoms with van der Waals surface area (Å²) in [5, 5.41) is 24.1. The summed E-state index contributed by atoms with van der Waals surface area (Å²) in [4.78, 5) is 22.8. The fraction of sp³-hybridized carbons (Fsp3) is 0.308. The van der Waals surface area contributed by atoms with E-state index in [2.05, 4.69) is 20.2 Å². The molecule has 0 radical (unpaired) electrons. The Kier molecular flexibility index (Phi) is 9.51. The normalized spacial score (nSPS) is 15.3. The van der Waals surface area contributed by atoms with Crippen molar-refractivity contribution in [3.8, 4) is 17.1 Å². The number of imidazole rings is 1. The molecule has 41 heavy (non-hydrogen) atoms. The number of hydrogen-bond donors (Lipinski definition) is 4. The van der Waals surface area contributed by atoms with E-state index in [0.29, 0.717) is 63.1 Å². The average molecular weight is 615 g/mol. The minimum atomic E-state index is -5.08. The molecule has 0 amide bonds. The zero-order chi connectivity index (χ0) is 29.7. The number of nitrogens with zero attached hydrogens (tertiary/aromatic N) is 4. The number of halogens is 6. The van der Waals surface area contributed by atoms with Crippen LogP contribution in [-0.2, 0) is 17.9 Å². The number of hydrogen-bond acceptors (Lipinski definition) is 7. The number of aliphatic carboxylic acids is 1. The van der Waals surface area contributed by atoms with Crippen molar-refractivity contribution in [1.29, 1.82) is 0 Å². The maximum absolute atomic E-state index is 13.7. The predicted octanol–water partition coefficient (Wildman–Crippen LogP) is 5.89. The van der Waals surface area contributed by atoms with E-state index in [-0.39, 0.29) is 5.75 Å². The molecular weight excluding hydrogens is 591 g/mol. The summed E-state index contributed by atoms with van der Waals surface area (Å²) in [6, 6.07) is 9.64. The van der Waals surface area contributed by atoms with Gasteiger partial charge in [0.2, 0.25) is 5.95 Å². The Morgan fingerprint density at radius 1 is 1.17 bits per heavy atom. The highest BCUT2D eigenvalue weighted by Crippen LogP contribution is 2.36. The minimum absolute atomic E-state index is 0.298. The van der Waals surface area contributed by atoms with E-state index in [1.54, 1.807) is 30.5 Å².